The number of hydrogen-bond acceptors (Lipinski definition) is 58. The van der Waals surface area contributed by atoms with E-state index in [1.54, 1.807) is 0 Å². The van der Waals surface area contributed by atoms with Gasteiger partial charge in [-0.1, -0.05) is 19.1 Å². The Morgan fingerprint density at radius 3 is 1.01 bits per heavy atom. The van der Waals surface area contributed by atoms with Crippen molar-refractivity contribution in [1.29, 1.82) is 0 Å². The van der Waals surface area contributed by atoms with Crippen molar-refractivity contribution in [1.82, 2.24) is 16.0 Å². The lowest BCUT2D eigenvalue weighted by Crippen LogP contribution is -2.68. The van der Waals surface area contributed by atoms with E-state index >= 15 is 0 Å². The Labute approximate surface area is 851 Å². The normalized spacial score (nSPS) is 45.1. The number of carboxylic acid groups (broad SMARTS) is 1. The van der Waals surface area contributed by atoms with Crippen LogP contribution < -0.4 is 16.0 Å². The molecular weight excluding hydrogens is 2040 g/mol. The van der Waals surface area contributed by atoms with Crippen molar-refractivity contribution < 1.29 is 292 Å². The molecule has 0 aliphatic carbocycles. The molecule has 1 aromatic rings. The number of ketones is 2. The van der Waals surface area contributed by atoms with E-state index in [1.165, 1.54) is 31.2 Å². The fourth-order valence-corrected chi connectivity index (χ4v) is 19.3. The first-order valence-corrected chi connectivity index (χ1v) is 48.5. The Balaban J connectivity index is 0.868. The standard InChI is InChI=1S/C88H139N3O59/c1-4-50(106)91-32(9-28-5-7-30(103)8-6-28)35(105)11-29(78(128)129)10-31(104)12-36-33(89-26(2)101)13-37(39(15-92)132-36)133-79-34(90-27(3)102)14-38(40(16-93)135-79)134-84-71(127)73(146-87-77(66(122)57(113)46(22-99)141-87)150-88-76(65(121)56(112)47(23-100)142-88)149-83-69(125)62(118)53(109)43(19-96)138-83)59(115)49(144-84)24-130-80-70(126)72(145-86-75(64(120)55(111)45(21-98)140-86)148-82-68(124)61(117)52(108)42(18-95)137-82)58(114)48(143-80)25-131-85-74(63(119)54(110)44(20-97)139-85)147-81-67(123)60(116)51(107)41(17-94)136-81/h5-8,29,32-34,36-49,51-77,79-88,92-100,103,107-127H,4,9-25H2,1-3H3,(H,89,101)(H,90,102)(H,91,106)(H,128,129)/t29?,32?,33?,34?,36-,37-,38-,39?,40?,41?,42?,43?,44?,45?,46?,47?,48?,49?,51+,52+,53+,54+,55+,56+,57+,58+,59+,60-,61-,62-,63-,64-,65-,66-,67?,68?,69?,70?,71?,72-,73-,74?,75?,76?,77?,79+,80-,81+,82+,83+,84+,85-,86-,87-,88+/m0/s1. The number of aliphatic hydroxyl groups is 30. The SMILES string of the molecule is CCC(=O)NC(Cc1ccc(O)cc1)C(=O)CC(CC(=O)C[C@@H]1OC(CO)[C@@H](O[C@@H]2OC(CO)[C@@H](O[C@@H]3OC(CO[C@H]4OC(CO[C@H]5OC(CO)[C@@H](O)[C@H](O)C5O[C@H]5OC(CO)[C@@H](O)[C@H](O)C5O)[C@@H](O)[C@H](O[C@@H]5OC(CO)[C@@H](O)[C@H](O)C5O[C@H]5OC(CO)[C@@H](O)[C@H](O)C5O)C4O)[C@@H](O)[C@H](O[C@@H]4OC(CO)[C@@H](O)[C@H](O)C4O[C@H]4OC(CO)[C@@H](O)[C@H](O)C4O[C@H]4OC(CO)[C@@H](O)[C@H](O)C4O)C3O)CC2NC(C)=O)CC1NC(C)=O)C(=O)O. The fourth-order valence-electron chi connectivity index (χ4n) is 19.3. The van der Waals surface area contributed by atoms with Crippen LogP contribution in [0.3, 0.4) is 0 Å². The van der Waals surface area contributed by atoms with E-state index in [1.807, 2.05) is 0 Å². The zero-order valence-corrected chi connectivity index (χ0v) is 80.6. The number of amides is 3. The zero-order valence-electron chi connectivity index (χ0n) is 80.6. The van der Waals surface area contributed by atoms with Gasteiger partial charge < -0.3 is 279 Å². The number of aliphatic carboxylic acids is 1. The highest BCUT2D eigenvalue weighted by Crippen LogP contribution is 2.43. The molecule has 0 aromatic heterocycles. The molecule has 3 amide bonds. The molecule has 0 spiro atoms. The highest BCUT2D eigenvalue weighted by Gasteiger charge is 2.62. The number of carboxylic acids is 1. The Morgan fingerprint density at radius 1 is 0.320 bits per heavy atom. The third-order valence-corrected chi connectivity index (χ3v) is 27.8. The molecule has 12 rings (SSSR count). The molecule has 0 radical (unpaired) electrons. The third-order valence-electron chi connectivity index (χ3n) is 27.8. The highest BCUT2D eigenvalue weighted by molar-refractivity contribution is 5.93. The molecule has 11 saturated heterocycles. The number of phenolic OH excluding ortho intramolecular Hbond substituents is 1. The molecule has 35 N–H and O–H groups in total. The topological polar surface area (TPSA) is 980 Å². The second-order valence-corrected chi connectivity index (χ2v) is 38.3. The van der Waals surface area contributed by atoms with Gasteiger partial charge in [-0.05, 0) is 30.5 Å². The van der Waals surface area contributed by atoms with Gasteiger partial charge in [-0.2, -0.15) is 0 Å². The molecule has 62 heteroatoms. The summed E-state index contributed by atoms with van der Waals surface area (Å²) >= 11 is 0. The average molecular weight is 2180 g/mol. The predicted molar refractivity (Wildman–Crippen MR) is 470 cm³/mol. The monoisotopic (exact) mass is 2180 g/mol. The van der Waals surface area contributed by atoms with Crippen LogP contribution in [0.15, 0.2) is 24.3 Å². The summed E-state index contributed by atoms with van der Waals surface area (Å²) in [5.74, 6) is -7.15. The second-order valence-electron chi connectivity index (χ2n) is 38.3. The quantitative estimate of drug-likeness (QED) is 0.0288. The maximum Gasteiger partial charge on any atom is 0.307 e. The first kappa shape index (κ1) is 123. The van der Waals surface area contributed by atoms with Crippen molar-refractivity contribution in [2.24, 2.45) is 5.92 Å². The first-order chi connectivity index (χ1) is 71.2. The number of rotatable bonds is 45. The van der Waals surface area contributed by atoms with Gasteiger partial charge >= 0.3 is 5.97 Å². The number of hydrogen-bond donors (Lipinski definition) is 35. The molecule has 24 unspecified atom stereocenters. The minimum absolute atomic E-state index is 0.0713. The second kappa shape index (κ2) is 55.1. The molecule has 150 heavy (non-hydrogen) atoms. The van der Waals surface area contributed by atoms with E-state index in [-0.39, 0.29) is 18.6 Å². The van der Waals surface area contributed by atoms with Gasteiger partial charge in [0.2, 0.25) is 17.7 Å². The summed E-state index contributed by atoms with van der Waals surface area (Å²) < 4.78 is 126. The molecule has 11 aliphatic rings. The van der Waals surface area contributed by atoms with Crippen LogP contribution in [-0.4, -0.2) is 603 Å². The lowest BCUT2D eigenvalue weighted by molar-refractivity contribution is -0.407. The summed E-state index contributed by atoms with van der Waals surface area (Å²) in [5.41, 5.74) is 0.469. The van der Waals surface area contributed by atoms with E-state index in [9.17, 15) is 192 Å². The zero-order chi connectivity index (χ0) is 110. The van der Waals surface area contributed by atoms with Crippen molar-refractivity contribution in [3.63, 3.8) is 0 Å². The molecule has 1 aromatic carbocycles. The van der Waals surface area contributed by atoms with Crippen LogP contribution in [0.1, 0.15) is 64.9 Å². The molecule has 55 atom stereocenters. The van der Waals surface area contributed by atoms with E-state index < -0.39 is 477 Å². The van der Waals surface area contributed by atoms with Crippen molar-refractivity contribution in [2.45, 2.75) is 397 Å². The summed E-state index contributed by atoms with van der Waals surface area (Å²) in [6.45, 7) is -9.00. The number of aliphatic hydroxyl groups excluding tert-OH is 30. The number of Topliss-reactive ketones (excluding diaryl/α,β-unsaturated/α-hetero) is 2. The Morgan fingerprint density at radius 2 is 0.627 bits per heavy atom. The Hall–Kier alpha value is -5.80. The number of benzene rings is 1. The van der Waals surface area contributed by atoms with Gasteiger partial charge in [0, 0.05) is 46.0 Å². The van der Waals surface area contributed by atoms with Crippen LogP contribution in [0, 0.1) is 5.92 Å². The lowest BCUT2D eigenvalue weighted by Gasteiger charge is -2.50. The van der Waals surface area contributed by atoms with Gasteiger partial charge in [-0.15, -0.1) is 0 Å². The van der Waals surface area contributed by atoms with Gasteiger partial charge in [0.1, 0.15) is 243 Å². The number of aromatic hydroxyl groups is 1. The third kappa shape index (κ3) is 28.7. The van der Waals surface area contributed by atoms with E-state index in [4.69, 9.17) is 99.5 Å². The molecule has 11 aliphatic heterocycles. The fraction of sp³-hybridized carbons (Fsp3) is 0.864. The number of phenols is 1. The van der Waals surface area contributed by atoms with Gasteiger partial charge in [-0.25, -0.2) is 0 Å². The van der Waals surface area contributed by atoms with Gasteiger partial charge in [-0.3, -0.25) is 28.8 Å². The van der Waals surface area contributed by atoms with E-state index in [0.717, 1.165) is 13.8 Å². The van der Waals surface area contributed by atoms with Crippen molar-refractivity contribution in [3.8, 4) is 5.75 Å². The molecule has 0 saturated carbocycles. The van der Waals surface area contributed by atoms with Crippen LogP contribution >= 0.6 is 0 Å². The summed E-state index contributed by atoms with van der Waals surface area (Å²) in [6.07, 6.45) is -114. The van der Waals surface area contributed by atoms with Crippen molar-refractivity contribution in [3.05, 3.63) is 29.8 Å². The minimum atomic E-state index is -2.63. The molecule has 860 valence electrons. The maximum atomic E-state index is 14.1. The average Bonchev–Trinajstić information content (AvgIpc) is 0.800. The minimum Gasteiger partial charge on any atom is -0.508 e. The number of carbonyl (C=O) groups excluding carboxylic acids is 5. The molecule has 0 bridgehead atoms. The lowest BCUT2D eigenvalue weighted by atomic mass is 9.88. The van der Waals surface area contributed by atoms with Crippen LogP contribution in [0.5, 0.6) is 5.75 Å². The van der Waals surface area contributed by atoms with Crippen LogP contribution in [-0.2, 0) is 135 Å². The van der Waals surface area contributed by atoms with Gasteiger partial charge in [0.15, 0.2) is 68.7 Å². The van der Waals surface area contributed by atoms with Crippen LogP contribution in [0.25, 0.3) is 0 Å². The van der Waals surface area contributed by atoms with E-state index in [0.29, 0.717) is 5.56 Å². The summed E-state index contributed by atoms with van der Waals surface area (Å²) in [5, 5.41) is 365. The largest absolute Gasteiger partial charge is 0.508 e. The molecule has 11 heterocycles. The Kier molecular flexibility index (Phi) is 45.1. The first-order valence-electron chi connectivity index (χ1n) is 48.5. The van der Waals surface area contributed by atoms with Crippen molar-refractivity contribution in [2.75, 3.05) is 72.7 Å². The number of carbonyl (C=O) groups is 6. The molecular formula is C88H139N3O59. The summed E-state index contributed by atoms with van der Waals surface area (Å²) in [4.78, 5) is 80.0. The highest BCUT2D eigenvalue weighted by atomic mass is 16.8. The van der Waals surface area contributed by atoms with E-state index in [2.05, 4.69) is 16.0 Å². The van der Waals surface area contributed by atoms with Crippen LogP contribution in [0.4, 0.5) is 0 Å². The predicted octanol–water partition coefficient (Wildman–Crippen LogP) is -20.7. The Bertz CT molecular complexity index is 4360. The smallest absolute Gasteiger partial charge is 0.307 e. The van der Waals surface area contributed by atoms with Gasteiger partial charge in [0.05, 0.1) is 115 Å². The van der Waals surface area contributed by atoms with Crippen molar-refractivity contribution >= 4 is 35.3 Å². The summed E-state index contributed by atoms with van der Waals surface area (Å²) in [7, 11) is 0. The van der Waals surface area contributed by atoms with Crippen LogP contribution in [0.2, 0.25) is 0 Å². The number of ether oxygens (including phenoxy) is 21. The molecule has 62 nitrogen and oxygen atoms in total. The summed E-state index contributed by atoms with van der Waals surface area (Å²) in [6, 6.07) is 1.51. The molecule has 11 fully saturated rings. The van der Waals surface area contributed by atoms with Gasteiger partial charge in [0.25, 0.3) is 0 Å². The number of nitrogens with one attached hydrogen (secondary N) is 3. The maximum absolute atomic E-state index is 14.1.